The van der Waals surface area contributed by atoms with E-state index in [4.69, 9.17) is 0 Å². The topological polar surface area (TPSA) is 132 Å². The number of aryl methyl sites for hydroxylation is 2. The Bertz CT molecular complexity index is 1840. The van der Waals surface area contributed by atoms with Crippen molar-refractivity contribution in [3.63, 3.8) is 0 Å². The SMILES string of the molecule is Brc1cnc2[nH]ccc2c1.Cc1ccc(S(=O)(=O)c2cnc3[nH]ccc3c2)cc1.Cc1ccc(S(=O)[O-])cc1.[Na+]. The Labute approximate surface area is 265 Å². The summed E-state index contributed by atoms with van der Waals surface area (Å²) in [6.45, 7) is 3.83. The van der Waals surface area contributed by atoms with E-state index in [1.165, 1.54) is 6.20 Å². The van der Waals surface area contributed by atoms with Crippen molar-refractivity contribution < 1.29 is 46.7 Å². The Balaban J connectivity index is 0.000000178. The van der Waals surface area contributed by atoms with Crippen LogP contribution in [0.1, 0.15) is 11.1 Å². The smallest absolute Gasteiger partial charge is 0.768 e. The van der Waals surface area contributed by atoms with Crippen molar-refractivity contribution in [3.05, 3.63) is 113 Å². The van der Waals surface area contributed by atoms with Gasteiger partial charge >= 0.3 is 29.6 Å². The van der Waals surface area contributed by atoms with Crippen molar-refractivity contribution in [1.82, 2.24) is 19.9 Å². The molecule has 4 heterocycles. The van der Waals surface area contributed by atoms with Gasteiger partial charge in [0.05, 0.1) is 9.79 Å². The van der Waals surface area contributed by atoms with Crippen LogP contribution >= 0.6 is 15.9 Å². The normalized spacial score (nSPS) is 11.5. The molecular formula is C28H24BrN4NaO4S2. The summed E-state index contributed by atoms with van der Waals surface area (Å²) in [5.74, 6) is 0. The molecule has 200 valence electrons. The average Bonchev–Trinajstić information content (AvgIpc) is 3.58. The number of H-pyrrole nitrogens is 2. The zero-order valence-corrected chi connectivity index (χ0v) is 27.2. The van der Waals surface area contributed by atoms with E-state index in [0.717, 1.165) is 32.0 Å². The molecule has 1 atom stereocenters. The molecule has 0 aliphatic carbocycles. The maximum absolute atomic E-state index is 12.5. The van der Waals surface area contributed by atoms with Crippen molar-refractivity contribution in [3.8, 4) is 0 Å². The molecule has 0 amide bonds. The zero-order chi connectivity index (χ0) is 28.0. The number of aromatic amines is 2. The summed E-state index contributed by atoms with van der Waals surface area (Å²) in [5.41, 5.74) is 3.71. The molecule has 0 spiro atoms. The van der Waals surface area contributed by atoms with Crippen molar-refractivity contribution in [2.75, 3.05) is 0 Å². The monoisotopic (exact) mass is 646 g/mol. The molecule has 12 heteroatoms. The van der Waals surface area contributed by atoms with Crippen LogP contribution in [-0.4, -0.2) is 37.1 Å². The van der Waals surface area contributed by atoms with Crippen molar-refractivity contribution >= 4 is 58.9 Å². The van der Waals surface area contributed by atoms with Gasteiger partial charge in [0.2, 0.25) is 9.84 Å². The van der Waals surface area contributed by atoms with E-state index < -0.39 is 20.9 Å². The number of halogens is 1. The Morgan fingerprint density at radius 3 is 1.80 bits per heavy atom. The Morgan fingerprint density at radius 1 is 0.750 bits per heavy atom. The number of pyridine rings is 2. The second kappa shape index (κ2) is 14.3. The molecule has 4 aromatic heterocycles. The minimum Gasteiger partial charge on any atom is -0.768 e. The van der Waals surface area contributed by atoms with Crippen LogP contribution in [0.2, 0.25) is 0 Å². The molecule has 1 unspecified atom stereocenters. The van der Waals surface area contributed by atoms with Crippen LogP contribution in [-0.2, 0) is 20.9 Å². The fraction of sp³-hybridized carbons (Fsp3) is 0.0714. The molecule has 0 radical (unpaired) electrons. The molecular weight excluding hydrogens is 623 g/mol. The summed E-state index contributed by atoms with van der Waals surface area (Å²) in [5, 5.41) is 1.92. The molecule has 0 aliphatic heterocycles. The van der Waals surface area contributed by atoms with Crippen LogP contribution in [0.15, 0.2) is 117 Å². The molecule has 2 N–H and O–H groups in total. The summed E-state index contributed by atoms with van der Waals surface area (Å²) in [7, 11) is -3.50. The first kappa shape index (κ1) is 31.9. The standard InChI is InChI=1S/C14H12N2O2S.C7H5BrN2.C7H8O2S.Na/c1-10-2-4-12(5-3-10)19(17,18)13-8-11-6-7-15-14(11)16-9-13;8-6-3-5-1-2-9-7(5)10-4-6;1-6-2-4-7(5-3-6)10(8)9;/h2-9H,1H3,(H,15,16);1-4H,(H,9,10);2-5H,1H3,(H,8,9);/q;;;+1/p-1. The molecule has 6 rings (SSSR count). The third-order valence-corrected chi connectivity index (χ3v) is 8.42. The maximum atomic E-state index is 12.5. The number of fused-ring (bicyclic) bond motifs is 2. The van der Waals surface area contributed by atoms with Crippen LogP contribution in [0, 0.1) is 13.8 Å². The number of hydrogen-bond donors (Lipinski definition) is 2. The fourth-order valence-corrected chi connectivity index (χ4v) is 5.43. The Kier molecular flexibility index (Phi) is 11.4. The number of hydrogen-bond acceptors (Lipinski definition) is 6. The summed E-state index contributed by atoms with van der Waals surface area (Å²) in [4.78, 5) is 15.0. The molecule has 40 heavy (non-hydrogen) atoms. The van der Waals surface area contributed by atoms with Gasteiger partial charge < -0.3 is 14.5 Å². The summed E-state index contributed by atoms with van der Waals surface area (Å²) in [6.07, 6.45) is 6.77. The van der Waals surface area contributed by atoms with Gasteiger partial charge in [0.15, 0.2) is 0 Å². The van der Waals surface area contributed by atoms with E-state index in [1.54, 1.807) is 73.1 Å². The minimum absolute atomic E-state index is 0. The van der Waals surface area contributed by atoms with Crippen LogP contribution in [0.5, 0.6) is 0 Å². The molecule has 0 saturated carbocycles. The Hall–Kier alpha value is -2.64. The van der Waals surface area contributed by atoms with Gasteiger partial charge in [0.25, 0.3) is 0 Å². The van der Waals surface area contributed by atoms with E-state index in [9.17, 15) is 17.2 Å². The first-order valence-corrected chi connectivity index (χ1v) is 15.0. The van der Waals surface area contributed by atoms with Crippen molar-refractivity contribution in [2.24, 2.45) is 0 Å². The van der Waals surface area contributed by atoms with Gasteiger partial charge in [-0.15, -0.1) is 0 Å². The van der Waals surface area contributed by atoms with Gasteiger partial charge in [0.1, 0.15) is 11.3 Å². The van der Waals surface area contributed by atoms with Gasteiger partial charge in [-0.25, -0.2) is 18.4 Å². The van der Waals surface area contributed by atoms with Crippen LogP contribution in [0.4, 0.5) is 0 Å². The number of nitrogens with one attached hydrogen (secondary N) is 2. The van der Waals surface area contributed by atoms with E-state index in [0.29, 0.717) is 10.5 Å². The molecule has 0 bridgehead atoms. The van der Waals surface area contributed by atoms with E-state index >= 15 is 0 Å². The molecule has 0 fully saturated rings. The number of rotatable bonds is 3. The van der Waals surface area contributed by atoms with Gasteiger partial charge in [-0.1, -0.05) is 35.4 Å². The van der Waals surface area contributed by atoms with Crippen LogP contribution < -0.4 is 29.6 Å². The maximum Gasteiger partial charge on any atom is 1.00 e. The largest absolute Gasteiger partial charge is 1.00 e. The summed E-state index contributed by atoms with van der Waals surface area (Å²) in [6, 6.07) is 21.0. The number of aromatic nitrogens is 4. The third-order valence-electron chi connectivity index (χ3n) is 5.60. The Morgan fingerprint density at radius 2 is 1.25 bits per heavy atom. The molecule has 6 aromatic rings. The minimum atomic E-state index is -3.50. The molecule has 0 aliphatic rings. The zero-order valence-electron chi connectivity index (χ0n) is 22.0. The second-order valence-corrected chi connectivity index (χ2v) is 12.3. The third kappa shape index (κ3) is 8.20. The van der Waals surface area contributed by atoms with Gasteiger partial charge in [0, 0.05) is 44.9 Å². The quantitative estimate of drug-likeness (QED) is 0.224. The van der Waals surface area contributed by atoms with Crippen LogP contribution in [0.25, 0.3) is 22.1 Å². The number of sulfone groups is 1. The number of benzene rings is 2. The van der Waals surface area contributed by atoms with Gasteiger partial charge in [-0.05, 0) is 89.4 Å². The van der Waals surface area contributed by atoms with Crippen LogP contribution in [0.3, 0.4) is 0 Å². The summed E-state index contributed by atoms with van der Waals surface area (Å²) < 4.78 is 46.6. The fourth-order valence-electron chi connectivity index (χ4n) is 3.48. The molecule has 0 saturated heterocycles. The first-order valence-electron chi connectivity index (χ1n) is 11.6. The van der Waals surface area contributed by atoms with Crippen molar-refractivity contribution in [1.29, 1.82) is 0 Å². The first-order chi connectivity index (χ1) is 18.6. The second-order valence-electron chi connectivity index (χ2n) is 8.52. The average molecular weight is 648 g/mol. The van der Waals surface area contributed by atoms with Gasteiger partial charge in [-0.3, -0.25) is 4.21 Å². The van der Waals surface area contributed by atoms with Crippen molar-refractivity contribution in [2.45, 2.75) is 28.5 Å². The molecule has 2 aromatic carbocycles. The van der Waals surface area contributed by atoms with E-state index in [2.05, 4.69) is 35.9 Å². The summed E-state index contributed by atoms with van der Waals surface area (Å²) >= 11 is 1.25. The van der Waals surface area contributed by atoms with E-state index in [1.807, 2.05) is 32.2 Å². The predicted octanol–water partition coefficient (Wildman–Crippen LogP) is 3.27. The predicted molar refractivity (Wildman–Crippen MR) is 155 cm³/mol. The van der Waals surface area contributed by atoms with Gasteiger partial charge in [-0.2, -0.15) is 0 Å². The number of nitrogens with zero attached hydrogens (tertiary/aromatic N) is 2. The van der Waals surface area contributed by atoms with E-state index in [-0.39, 0.29) is 39.3 Å². The molecule has 8 nitrogen and oxygen atoms in total.